The minimum absolute atomic E-state index is 0.132. The van der Waals surface area contributed by atoms with Crippen LogP contribution < -0.4 is 4.90 Å². The molecule has 0 amide bonds. The highest BCUT2D eigenvalue weighted by Gasteiger charge is 2.39. The number of hydrogen-bond donors (Lipinski definition) is 1. The Kier molecular flexibility index (Phi) is 4.66. The monoisotopic (exact) mass is 307 g/mol. The summed E-state index contributed by atoms with van der Waals surface area (Å²) in [4.78, 5) is 2.27. The first-order chi connectivity index (χ1) is 11.2. The van der Waals surface area contributed by atoms with Gasteiger partial charge in [0.05, 0.1) is 25.2 Å². The standard InChI is InChI=1S/C20H21NO2/c1-2-17-9-6-10-19(11-17)21(12-18-7-4-3-5-8-18)13-20(14-22)15-23-16-20/h1,3-11,22H,12-16H2. The van der Waals surface area contributed by atoms with E-state index >= 15 is 0 Å². The third-order valence-corrected chi connectivity index (χ3v) is 4.27. The average molecular weight is 307 g/mol. The lowest BCUT2D eigenvalue weighted by Gasteiger charge is -2.44. The van der Waals surface area contributed by atoms with Gasteiger partial charge in [-0.1, -0.05) is 42.3 Å². The summed E-state index contributed by atoms with van der Waals surface area (Å²) in [5.41, 5.74) is 2.99. The van der Waals surface area contributed by atoms with Gasteiger partial charge in [0, 0.05) is 24.3 Å². The predicted molar refractivity (Wildman–Crippen MR) is 92.2 cm³/mol. The Labute approximate surface area is 137 Å². The molecule has 0 radical (unpaired) electrons. The van der Waals surface area contributed by atoms with E-state index in [1.165, 1.54) is 5.56 Å². The molecule has 0 aliphatic carbocycles. The molecule has 23 heavy (non-hydrogen) atoms. The molecular formula is C20H21NO2. The molecule has 2 aromatic carbocycles. The predicted octanol–water partition coefficient (Wildman–Crippen LogP) is 2.68. The molecule has 1 aliphatic rings. The Morgan fingerprint density at radius 1 is 1.13 bits per heavy atom. The Morgan fingerprint density at radius 3 is 2.52 bits per heavy atom. The van der Waals surface area contributed by atoms with Gasteiger partial charge < -0.3 is 14.7 Å². The van der Waals surface area contributed by atoms with Gasteiger partial charge in [-0.25, -0.2) is 0 Å². The second kappa shape index (κ2) is 6.87. The molecule has 1 saturated heterocycles. The number of nitrogens with zero attached hydrogens (tertiary/aromatic N) is 1. The maximum absolute atomic E-state index is 9.76. The van der Waals surface area contributed by atoms with Crippen molar-refractivity contribution in [3.8, 4) is 12.3 Å². The van der Waals surface area contributed by atoms with E-state index in [2.05, 4.69) is 29.0 Å². The van der Waals surface area contributed by atoms with Crippen LogP contribution in [0.4, 0.5) is 5.69 Å². The summed E-state index contributed by atoms with van der Waals surface area (Å²) in [5, 5.41) is 9.76. The van der Waals surface area contributed by atoms with Crippen molar-refractivity contribution in [1.82, 2.24) is 0 Å². The van der Waals surface area contributed by atoms with Crippen LogP contribution in [0, 0.1) is 17.8 Å². The van der Waals surface area contributed by atoms with Crippen LogP contribution in [0.1, 0.15) is 11.1 Å². The molecule has 0 unspecified atom stereocenters. The van der Waals surface area contributed by atoms with Crippen LogP contribution in [0.5, 0.6) is 0 Å². The lowest BCUT2D eigenvalue weighted by atomic mass is 9.86. The van der Waals surface area contributed by atoms with Crippen molar-refractivity contribution in [2.45, 2.75) is 6.54 Å². The summed E-state index contributed by atoms with van der Waals surface area (Å²) in [6.07, 6.45) is 5.53. The highest BCUT2D eigenvalue weighted by atomic mass is 16.5. The van der Waals surface area contributed by atoms with Gasteiger partial charge in [0.25, 0.3) is 0 Å². The average Bonchev–Trinajstić information content (AvgIpc) is 2.58. The third-order valence-electron chi connectivity index (χ3n) is 4.27. The fourth-order valence-electron chi connectivity index (χ4n) is 2.86. The molecule has 3 rings (SSSR count). The number of hydrogen-bond acceptors (Lipinski definition) is 3. The highest BCUT2D eigenvalue weighted by Crippen LogP contribution is 2.31. The molecule has 0 atom stereocenters. The highest BCUT2D eigenvalue weighted by molar-refractivity contribution is 5.53. The molecule has 0 saturated carbocycles. The molecular weight excluding hydrogens is 286 g/mol. The van der Waals surface area contributed by atoms with Crippen molar-refractivity contribution >= 4 is 5.69 Å². The Balaban J connectivity index is 1.87. The van der Waals surface area contributed by atoms with Crippen molar-refractivity contribution in [3.63, 3.8) is 0 Å². The first-order valence-electron chi connectivity index (χ1n) is 7.79. The quantitative estimate of drug-likeness (QED) is 0.833. The molecule has 118 valence electrons. The van der Waals surface area contributed by atoms with Gasteiger partial charge in [0.1, 0.15) is 0 Å². The molecule has 1 fully saturated rings. The zero-order valence-electron chi connectivity index (χ0n) is 13.1. The SMILES string of the molecule is C#Cc1cccc(N(Cc2ccccc2)CC2(CO)COC2)c1. The van der Waals surface area contributed by atoms with E-state index in [9.17, 15) is 5.11 Å². The van der Waals surface area contributed by atoms with Gasteiger partial charge in [0.2, 0.25) is 0 Å². The normalized spacial score (nSPS) is 15.5. The number of rotatable bonds is 6. The fraction of sp³-hybridized carbons (Fsp3) is 0.300. The van der Waals surface area contributed by atoms with Crippen molar-refractivity contribution in [2.75, 3.05) is 31.3 Å². The van der Waals surface area contributed by atoms with Crippen LogP contribution in [-0.2, 0) is 11.3 Å². The van der Waals surface area contributed by atoms with E-state index in [4.69, 9.17) is 11.2 Å². The molecule has 0 spiro atoms. The van der Waals surface area contributed by atoms with Gasteiger partial charge in [-0.2, -0.15) is 0 Å². The van der Waals surface area contributed by atoms with Gasteiger partial charge in [-0.3, -0.25) is 0 Å². The molecule has 1 aliphatic heterocycles. The van der Waals surface area contributed by atoms with Gasteiger partial charge >= 0.3 is 0 Å². The number of aliphatic hydroxyl groups excluding tert-OH is 1. The number of ether oxygens (including phenoxy) is 1. The third kappa shape index (κ3) is 3.56. The largest absolute Gasteiger partial charge is 0.396 e. The molecule has 3 nitrogen and oxygen atoms in total. The smallest absolute Gasteiger partial charge is 0.0584 e. The van der Waals surface area contributed by atoms with Crippen molar-refractivity contribution in [3.05, 3.63) is 65.7 Å². The molecule has 3 heteroatoms. The molecule has 0 aromatic heterocycles. The number of benzene rings is 2. The number of terminal acetylenes is 1. The first kappa shape index (κ1) is 15.6. The number of aliphatic hydroxyl groups is 1. The number of anilines is 1. The summed E-state index contributed by atoms with van der Waals surface area (Å²) in [7, 11) is 0. The van der Waals surface area contributed by atoms with Crippen molar-refractivity contribution < 1.29 is 9.84 Å². The summed E-state index contributed by atoms with van der Waals surface area (Å²) in [6, 6.07) is 18.3. The Bertz CT molecular complexity index is 681. The summed E-state index contributed by atoms with van der Waals surface area (Å²) >= 11 is 0. The van der Waals surface area contributed by atoms with E-state index < -0.39 is 0 Å². The second-order valence-corrected chi connectivity index (χ2v) is 6.19. The fourth-order valence-corrected chi connectivity index (χ4v) is 2.86. The zero-order chi connectivity index (χ0) is 16.1. The minimum Gasteiger partial charge on any atom is -0.396 e. The van der Waals surface area contributed by atoms with Gasteiger partial charge in [-0.05, 0) is 23.8 Å². The van der Waals surface area contributed by atoms with E-state index in [1.807, 2.05) is 36.4 Å². The van der Waals surface area contributed by atoms with E-state index in [-0.39, 0.29) is 12.0 Å². The van der Waals surface area contributed by atoms with Gasteiger partial charge in [-0.15, -0.1) is 6.42 Å². The minimum atomic E-state index is -0.180. The van der Waals surface area contributed by atoms with E-state index in [0.29, 0.717) is 13.2 Å². The maximum Gasteiger partial charge on any atom is 0.0584 e. The maximum atomic E-state index is 9.76. The Morgan fingerprint density at radius 2 is 1.91 bits per heavy atom. The van der Waals surface area contributed by atoms with Crippen LogP contribution in [0.3, 0.4) is 0 Å². The van der Waals surface area contributed by atoms with Gasteiger partial charge in [0.15, 0.2) is 0 Å². The lowest BCUT2D eigenvalue weighted by molar-refractivity contribution is -0.131. The summed E-state index contributed by atoms with van der Waals surface area (Å²) in [6.45, 7) is 2.85. The molecule has 1 heterocycles. The van der Waals surface area contributed by atoms with E-state index in [1.54, 1.807) is 0 Å². The van der Waals surface area contributed by atoms with Crippen molar-refractivity contribution in [1.29, 1.82) is 0 Å². The summed E-state index contributed by atoms with van der Waals surface area (Å²) < 4.78 is 5.34. The van der Waals surface area contributed by atoms with Crippen molar-refractivity contribution in [2.24, 2.45) is 5.41 Å². The topological polar surface area (TPSA) is 32.7 Å². The van der Waals surface area contributed by atoms with E-state index in [0.717, 1.165) is 24.3 Å². The molecule has 1 N–H and O–H groups in total. The van der Waals surface area contributed by atoms with Crippen LogP contribution >= 0.6 is 0 Å². The molecule has 2 aromatic rings. The second-order valence-electron chi connectivity index (χ2n) is 6.19. The van der Waals surface area contributed by atoms with Crippen LogP contribution in [0.2, 0.25) is 0 Å². The van der Waals surface area contributed by atoms with Crippen LogP contribution in [-0.4, -0.2) is 31.5 Å². The zero-order valence-corrected chi connectivity index (χ0v) is 13.1. The first-order valence-corrected chi connectivity index (χ1v) is 7.79. The lowest BCUT2D eigenvalue weighted by Crippen LogP contribution is -2.53. The molecule has 0 bridgehead atoms. The Hall–Kier alpha value is -2.28. The van der Waals surface area contributed by atoms with Crippen LogP contribution in [0.15, 0.2) is 54.6 Å². The summed E-state index contributed by atoms with van der Waals surface area (Å²) in [5.74, 6) is 2.69. The van der Waals surface area contributed by atoms with Crippen LogP contribution in [0.25, 0.3) is 0 Å².